The van der Waals surface area contributed by atoms with Crippen molar-refractivity contribution < 1.29 is 23.4 Å². The van der Waals surface area contributed by atoms with Crippen LogP contribution in [0, 0.1) is 12.7 Å². The first-order chi connectivity index (χ1) is 13.0. The monoisotopic (exact) mass is 369 g/mol. The summed E-state index contributed by atoms with van der Waals surface area (Å²) in [6.07, 6.45) is 2.32. The highest BCUT2D eigenvalue weighted by Gasteiger charge is 2.23. The van der Waals surface area contributed by atoms with Crippen LogP contribution in [-0.4, -0.2) is 26.1 Å². The molecule has 0 aromatic heterocycles. The summed E-state index contributed by atoms with van der Waals surface area (Å²) in [6.45, 7) is 1.90. The Balaban J connectivity index is 1.82. The van der Waals surface area contributed by atoms with Crippen LogP contribution in [0.5, 0.6) is 11.5 Å². The number of ether oxygens (including phenoxy) is 3. The highest BCUT2D eigenvalue weighted by Crippen LogP contribution is 2.31. The summed E-state index contributed by atoms with van der Waals surface area (Å²) in [5, 5.41) is 0. The van der Waals surface area contributed by atoms with E-state index < -0.39 is 5.97 Å². The fourth-order valence-corrected chi connectivity index (χ4v) is 2.84. The Bertz CT molecular complexity index is 934. The largest absolute Gasteiger partial charge is 0.496 e. The molecule has 0 saturated heterocycles. The lowest BCUT2D eigenvalue weighted by molar-refractivity contribution is -0.130. The van der Waals surface area contributed by atoms with Gasteiger partial charge in [-0.25, -0.2) is 14.2 Å². The Hall–Kier alpha value is -3.15. The van der Waals surface area contributed by atoms with Crippen LogP contribution in [0.15, 0.2) is 47.1 Å². The molecule has 0 aliphatic carbocycles. The van der Waals surface area contributed by atoms with Crippen molar-refractivity contribution in [2.75, 3.05) is 14.2 Å². The second kappa shape index (κ2) is 8.03. The molecule has 1 aliphatic heterocycles. The number of halogens is 1. The third-order valence-corrected chi connectivity index (χ3v) is 4.27. The van der Waals surface area contributed by atoms with Gasteiger partial charge in [-0.3, -0.25) is 0 Å². The zero-order valence-corrected chi connectivity index (χ0v) is 15.4. The zero-order chi connectivity index (χ0) is 19.4. The number of cyclic esters (lactones) is 1. The van der Waals surface area contributed by atoms with Crippen LogP contribution >= 0.6 is 0 Å². The molecule has 27 heavy (non-hydrogen) atoms. The Labute approximate surface area is 157 Å². The fraction of sp³-hybridized carbons (Fsp3) is 0.238. The number of rotatable bonds is 6. The molecule has 5 nitrogen and oxygen atoms in total. The molecule has 6 heteroatoms. The molecule has 1 heterocycles. The number of hydrogen-bond acceptors (Lipinski definition) is 5. The van der Waals surface area contributed by atoms with Crippen LogP contribution in [0.4, 0.5) is 4.39 Å². The molecule has 0 unspecified atom stereocenters. The van der Waals surface area contributed by atoms with Crippen LogP contribution in [0.2, 0.25) is 0 Å². The SMILES string of the molecule is COc1cc(/C=C2/N=C(CCc3ccccc3F)OC2=O)c(OC)cc1C. The van der Waals surface area contributed by atoms with Crippen molar-refractivity contribution in [1.29, 1.82) is 0 Å². The summed E-state index contributed by atoms with van der Waals surface area (Å²) in [7, 11) is 3.13. The topological polar surface area (TPSA) is 57.1 Å². The first-order valence-electron chi connectivity index (χ1n) is 8.49. The third kappa shape index (κ3) is 4.16. The molecule has 0 fully saturated rings. The minimum absolute atomic E-state index is 0.169. The minimum Gasteiger partial charge on any atom is -0.496 e. The molecule has 1 aliphatic rings. The Kier molecular flexibility index (Phi) is 5.54. The predicted octanol–water partition coefficient (Wildman–Crippen LogP) is 4.08. The first-order valence-corrected chi connectivity index (χ1v) is 8.49. The smallest absolute Gasteiger partial charge is 0.363 e. The van der Waals surface area contributed by atoms with Gasteiger partial charge in [0.05, 0.1) is 14.2 Å². The normalized spacial score (nSPS) is 14.9. The fourth-order valence-electron chi connectivity index (χ4n) is 2.84. The lowest BCUT2D eigenvalue weighted by atomic mass is 10.1. The van der Waals surface area contributed by atoms with Gasteiger partial charge >= 0.3 is 5.97 Å². The lowest BCUT2D eigenvalue weighted by Crippen LogP contribution is -2.05. The molecule has 140 valence electrons. The van der Waals surface area contributed by atoms with Gasteiger partial charge in [0.2, 0.25) is 0 Å². The van der Waals surface area contributed by atoms with Gasteiger partial charge in [0.1, 0.15) is 17.3 Å². The molecular formula is C21H20FNO4. The summed E-state index contributed by atoms with van der Waals surface area (Å²) in [4.78, 5) is 16.4. The maximum absolute atomic E-state index is 13.7. The molecule has 0 bridgehead atoms. The van der Waals surface area contributed by atoms with E-state index in [0.717, 1.165) is 5.56 Å². The van der Waals surface area contributed by atoms with E-state index in [0.29, 0.717) is 35.5 Å². The van der Waals surface area contributed by atoms with E-state index in [2.05, 4.69) is 4.99 Å². The Morgan fingerprint density at radius 1 is 1.11 bits per heavy atom. The maximum Gasteiger partial charge on any atom is 0.363 e. The minimum atomic E-state index is -0.542. The van der Waals surface area contributed by atoms with Gasteiger partial charge in [0.25, 0.3) is 0 Å². The Morgan fingerprint density at radius 2 is 1.85 bits per heavy atom. The van der Waals surface area contributed by atoms with Crippen LogP contribution in [0.1, 0.15) is 23.1 Å². The molecular weight excluding hydrogens is 349 g/mol. The number of hydrogen-bond donors (Lipinski definition) is 0. The molecule has 2 aromatic carbocycles. The van der Waals surface area contributed by atoms with Crippen molar-refractivity contribution in [2.24, 2.45) is 4.99 Å². The van der Waals surface area contributed by atoms with Crippen LogP contribution in [0.25, 0.3) is 6.08 Å². The van der Waals surface area contributed by atoms with E-state index in [4.69, 9.17) is 14.2 Å². The molecule has 0 saturated carbocycles. The standard InChI is InChI=1S/C21H20FNO4/c1-13-10-19(26-3)15(12-18(13)25-2)11-17-21(24)27-20(23-17)9-8-14-6-4-5-7-16(14)22/h4-7,10-12H,8-9H2,1-3H3/b17-11+. The van der Waals surface area contributed by atoms with Gasteiger partial charge in [0.15, 0.2) is 11.6 Å². The van der Waals surface area contributed by atoms with Crippen LogP contribution < -0.4 is 9.47 Å². The Morgan fingerprint density at radius 3 is 2.56 bits per heavy atom. The predicted molar refractivity (Wildman–Crippen MR) is 101 cm³/mol. The van der Waals surface area contributed by atoms with Crippen molar-refractivity contribution in [3.05, 3.63) is 64.6 Å². The number of aryl methyl sites for hydroxylation is 2. The van der Waals surface area contributed by atoms with Crippen molar-refractivity contribution >= 4 is 17.9 Å². The second-order valence-corrected chi connectivity index (χ2v) is 6.08. The van der Waals surface area contributed by atoms with Gasteiger partial charge < -0.3 is 14.2 Å². The van der Waals surface area contributed by atoms with Crippen molar-refractivity contribution in [1.82, 2.24) is 0 Å². The van der Waals surface area contributed by atoms with Gasteiger partial charge in [-0.15, -0.1) is 0 Å². The molecule has 0 radical (unpaired) electrons. The molecule has 0 N–H and O–H groups in total. The maximum atomic E-state index is 13.7. The van der Waals surface area contributed by atoms with Crippen LogP contribution in [0.3, 0.4) is 0 Å². The number of carbonyl (C=O) groups excluding carboxylic acids is 1. The molecule has 0 atom stereocenters. The van der Waals surface area contributed by atoms with E-state index in [9.17, 15) is 9.18 Å². The zero-order valence-electron chi connectivity index (χ0n) is 15.4. The average Bonchev–Trinajstić information content (AvgIpc) is 3.01. The lowest BCUT2D eigenvalue weighted by Gasteiger charge is -2.10. The van der Waals surface area contributed by atoms with Crippen molar-refractivity contribution in [2.45, 2.75) is 19.8 Å². The summed E-state index contributed by atoms with van der Waals surface area (Å²) in [5.74, 6) is 0.726. The van der Waals surface area contributed by atoms with E-state index in [1.165, 1.54) is 6.07 Å². The summed E-state index contributed by atoms with van der Waals surface area (Å²) in [5.41, 5.74) is 2.30. The van der Waals surface area contributed by atoms with E-state index in [1.807, 2.05) is 13.0 Å². The van der Waals surface area contributed by atoms with Gasteiger partial charge in [0, 0.05) is 12.0 Å². The van der Waals surface area contributed by atoms with Gasteiger partial charge in [-0.05, 0) is 48.7 Å². The van der Waals surface area contributed by atoms with E-state index in [-0.39, 0.29) is 17.4 Å². The highest BCUT2D eigenvalue weighted by molar-refractivity contribution is 6.07. The number of carbonyl (C=O) groups is 1. The quantitative estimate of drug-likeness (QED) is 0.569. The van der Waals surface area contributed by atoms with Crippen LogP contribution in [-0.2, 0) is 16.0 Å². The van der Waals surface area contributed by atoms with E-state index in [1.54, 1.807) is 44.6 Å². The summed E-state index contributed by atoms with van der Waals surface area (Å²) in [6, 6.07) is 10.1. The third-order valence-electron chi connectivity index (χ3n) is 4.27. The number of methoxy groups -OCH3 is 2. The van der Waals surface area contributed by atoms with Gasteiger partial charge in [-0.1, -0.05) is 18.2 Å². The average molecular weight is 369 g/mol. The molecule has 0 amide bonds. The number of nitrogens with zero attached hydrogens (tertiary/aromatic N) is 1. The highest BCUT2D eigenvalue weighted by atomic mass is 19.1. The number of benzene rings is 2. The number of aliphatic imine (C=N–C) groups is 1. The van der Waals surface area contributed by atoms with Crippen molar-refractivity contribution in [3.8, 4) is 11.5 Å². The number of esters is 1. The summed E-state index contributed by atoms with van der Waals surface area (Å²) >= 11 is 0. The van der Waals surface area contributed by atoms with Gasteiger partial charge in [-0.2, -0.15) is 0 Å². The second-order valence-electron chi connectivity index (χ2n) is 6.08. The van der Waals surface area contributed by atoms with E-state index >= 15 is 0 Å². The first kappa shape index (κ1) is 18.6. The van der Waals surface area contributed by atoms with Crippen molar-refractivity contribution in [3.63, 3.8) is 0 Å². The molecule has 2 aromatic rings. The molecule has 3 rings (SSSR count). The summed E-state index contributed by atoms with van der Waals surface area (Å²) < 4.78 is 29.6. The molecule has 0 spiro atoms.